The number of fused-ring (bicyclic) bond motifs is 1. The third-order valence-corrected chi connectivity index (χ3v) is 4.51. The van der Waals surface area contributed by atoms with Gasteiger partial charge in [-0.15, -0.1) is 0 Å². The first-order valence-electron chi connectivity index (χ1n) is 9.63. The minimum absolute atomic E-state index is 0.000502. The van der Waals surface area contributed by atoms with Crippen LogP contribution in [0.4, 0.5) is 21.6 Å². The Kier molecular flexibility index (Phi) is 7.38. The summed E-state index contributed by atoms with van der Waals surface area (Å²) in [6.45, 7) is 2.93. The summed E-state index contributed by atoms with van der Waals surface area (Å²) >= 11 is 5.88. The lowest BCUT2D eigenvalue weighted by Crippen LogP contribution is -2.13. The summed E-state index contributed by atoms with van der Waals surface area (Å²) in [5.74, 6) is 0.195. The number of anilines is 3. The molecule has 31 heavy (non-hydrogen) atoms. The molecule has 3 aromatic rings. The van der Waals surface area contributed by atoms with E-state index in [2.05, 4.69) is 20.6 Å². The lowest BCUT2D eigenvalue weighted by molar-refractivity contribution is -0.111. The van der Waals surface area contributed by atoms with E-state index < -0.39 is 5.82 Å². The molecule has 0 radical (unpaired) electrons. The fourth-order valence-corrected chi connectivity index (χ4v) is 2.99. The highest BCUT2D eigenvalue weighted by Crippen LogP contribution is 2.33. The molecule has 3 rings (SSSR count). The largest absolute Gasteiger partial charge is 0.492 e. The number of carbonyl (C=O) groups excluding carboxylic acids is 1. The van der Waals surface area contributed by atoms with Crippen LogP contribution in [0, 0.1) is 5.82 Å². The zero-order chi connectivity index (χ0) is 22.4. The monoisotopic (exact) mass is 443 g/mol. The highest BCUT2D eigenvalue weighted by atomic mass is 35.5. The van der Waals surface area contributed by atoms with Crippen LogP contribution < -0.4 is 15.4 Å². The molecule has 0 spiro atoms. The average Bonchev–Trinajstić information content (AvgIpc) is 2.71. The number of likely N-dealkylation sites (N-methyl/N-ethyl adjacent to an activating group) is 1. The average molecular weight is 444 g/mol. The van der Waals surface area contributed by atoms with Crippen LogP contribution in [0.15, 0.2) is 48.8 Å². The molecule has 1 aromatic heterocycles. The van der Waals surface area contributed by atoms with Gasteiger partial charge < -0.3 is 20.3 Å². The lowest BCUT2D eigenvalue weighted by atomic mass is 10.1. The van der Waals surface area contributed by atoms with E-state index in [0.29, 0.717) is 47.0 Å². The summed E-state index contributed by atoms with van der Waals surface area (Å²) in [4.78, 5) is 22.9. The van der Waals surface area contributed by atoms with Crippen molar-refractivity contribution in [2.75, 3.05) is 37.9 Å². The van der Waals surface area contributed by atoms with E-state index in [1.807, 2.05) is 25.9 Å². The van der Waals surface area contributed by atoms with Gasteiger partial charge in [-0.1, -0.05) is 17.7 Å². The molecule has 9 heteroatoms. The molecule has 0 aliphatic heterocycles. The third-order valence-electron chi connectivity index (χ3n) is 4.22. The SMILES string of the molecule is CCOc1cc2ncnc(Nc3ccc(F)c(Cl)c3)c2cc1NC(=O)/C=C/CN(C)C. The summed E-state index contributed by atoms with van der Waals surface area (Å²) in [5, 5.41) is 6.62. The first kappa shape index (κ1) is 22.5. The number of amides is 1. The number of ether oxygens (including phenoxy) is 1. The second kappa shape index (κ2) is 10.2. The minimum atomic E-state index is -0.506. The molecule has 162 valence electrons. The minimum Gasteiger partial charge on any atom is -0.492 e. The second-order valence-corrected chi connectivity index (χ2v) is 7.34. The van der Waals surface area contributed by atoms with Crippen molar-refractivity contribution in [3.8, 4) is 5.75 Å². The molecule has 0 aliphatic rings. The van der Waals surface area contributed by atoms with Gasteiger partial charge in [-0.3, -0.25) is 4.79 Å². The first-order chi connectivity index (χ1) is 14.9. The molecule has 2 N–H and O–H groups in total. The van der Waals surface area contributed by atoms with E-state index in [9.17, 15) is 9.18 Å². The molecule has 0 unspecified atom stereocenters. The van der Waals surface area contributed by atoms with Gasteiger partial charge in [0, 0.05) is 29.8 Å². The first-order valence-corrected chi connectivity index (χ1v) is 10.0. The van der Waals surface area contributed by atoms with Crippen molar-refractivity contribution in [1.82, 2.24) is 14.9 Å². The number of nitrogens with one attached hydrogen (secondary N) is 2. The molecule has 0 bridgehead atoms. The number of benzene rings is 2. The second-order valence-electron chi connectivity index (χ2n) is 6.93. The number of nitrogens with zero attached hydrogens (tertiary/aromatic N) is 3. The maximum Gasteiger partial charge on any atom is 0.248 e. The molecule has 1 heterocycles. The highest BCUT2D eigenvalue weighted by Gasteiger charge is 2.13. The Morgan fingerprint density at radius 1 is 1.26 bits per heavy atom. The Balaban J connectivity index is 1.96. The topological polar surface area (TPSA) is 79.4 Å². The van der Waals surface area contributed by atoms with E-state index >= 15 is 0 Å². The Morgan fingerprint density at radius 2 is 2.06 bits per heavy atom. The molecule has 0 fully saturated rings. The molecule has 7 nitrogen and oxygen atoms in total. The van der Waals surface area contributed by atoms with Crippen LogP contribution in [-0.2, 0) is 4.79 Å². The summed E-state index contributed by atoms with van der Waals surface area (Å²) in [7, 11) is 3.84. The van der Waals surface area contributed by atoms with Crippen LogP contribution in [0.25, 0.3) is 10.9 Å². The predicted octanol–water partition coefficient (Wildman–Crippen LogP) is 4.62. The number of carbonyl (C=O) groups is 1. The maximum atomic E-state index is 13.5. The van der Waals surface area contributed by atoms with Crippen molar-refractivity contribution < 1.29 is 13.9 Å². The molecular weight excluding hydrogens is 421 g/mol. The van der Waals surface area contributed by atoms with Crippen molar-refractivity contribution in [2.24, 2.45) is 0 Å². The molecule has 2 aromatic carbocycles. The van der Waals surface area contributed by atoms with Gasteiger partial charge in [0.25, 0.3) is 0 Å². The summed E-state index contributed by atoms with van der Waals surface area (Å²) in [6.07, 6.45) is 4.65. The van der Waals surface area contributed by atoms with Crippen molar-refractivity contribution >= 4 is 45.6 Å². The van der Waals surface area contributed by atoms with Gasteiger partial charge in [0.15, 0.2) is 0 Å². The Morgan fingerprint density at radius 3 is 2.77 bits per heavy atom. The van der Waals surface area contributed by atoms with Crippen molar-refractivity contribution in [3.63, 3.8) is 0 Å². The lowest BCUT2D eigenvalue weighted by Gasteiger charge is -2.14. The van der Waals surface area contributed by atoms with Gasteiger partial charge >= 0.3 is 0 Å². The Hall–Kier alpha value is -3.23. The van der Waals surface area contributed by atoms with Crippen molar-refractivity contribution in [3.05, 3.63) is 59.7 Å². The van der Waals surface area contributed by atoms with E-state index in [-0.39, 0.29) is 10.9 Å². The zero-order valence-electron chi connectivity index (χ0n) is 17.4. The third kappa shape index (κ3) is 5.90. The molecule has 0 saturated heterocycles. The van der Waals surface area contributed by atoms with Crippen LogP contribution >= 0.6 is 11.6 Å². The van der Waals surface area contributed by atoms with Crippen molar-refractivity contribution in [1.29, 1.82) is 0 Å². The maximum absolute atomic E-state index is 13.5. The number of hydrogen-bond donors (Lipinski definition) is 2. The van der Waals surface area contributed by atoms with E-state index in [1.165, 1.54) is 24.5 Å². The summed E-state index contributed by atoms with van der Waals surface area (Å²) < 4.78 is 19.2. The summed E-state index contributed by atoms with van der Waals surface area (Å²) in [6, 6.07) is 7.78. The summed E-state index contributed by atoms with van der Waals surface area (Å²) in [5.41, 5.74) is 1.68. The van der Waals surface area contributed by atoms with Crippen LogP contribution in [0.2, 0.25) is 5.02 Å². The normalized spacial score (nSPS) is 11.3. The van der Waals surface area contributed by atoms with Crippen LogP contribution in [-0.4, -0.2) is 48.0 Å². The highest BCUT2D eigenvalue weighted by molar-refractivity contribution is 6.31. The van der Waals surface area contributed by atoms with E-state index in [0.717, 1.165) is 0 Å². The molecule has 0 saturated carbocycles. The van der Waals surface area contributed by atoms with Gasteiger partial charge in [0.2, 0.25) is 5.91 Å². The van der Waals surface area contributed by atoms with Crippen LogP contribution in [0.5, 0.6) is 5.75 Å². The quantitative estimate of drug-likeness (QED) is 0.494. The van der Waals surface area contributed by atoms with Gasteiger partial charge in [-0.2, -0.15) is 0 Å². The van der Waals surface area contributed by atoms with Gasteiger partial charge in [0.1, 0.15) is 23.7 Å². The molecular formula is C22H23ClFN5O2. The Bertz CT molecular complexity index is 1120. The van der Waals surface area contributed by atoms with Crippen LogP contribution in [0.3, 0.4) is 0 Å². The van der Waals surface area contributed by atoms with Gasteiger partial charge in [-0.25, -0.2) is 14.4 Å². The van der Waals surface area contributed by atoms with E-state index in [1.54, 1.807) is 24.3 Å². The van der Waals surface area contributed by atoms with Gasteiger partial charge in [-0.05, 0) is 45.3 Å². The fraction of sp³-hybridized carbons (Fsp3) is 0.227. The Labute approximate surface area is 184 Å². The number of halogens is 2. The number of hydrogen-bond acceptors (Lipinski definition) is 6. The smallest absolute Gasteiger partial charge is 0.248 e. The molecule has 0 atom stereocenters. The fourth-order valence-electron chi connectivity index (χ4n) is 2.81. The van der Waals surface area contributed by atoms with Gasteiger partial charge in [0.05, 0.1) is 22.8 Å². The number of rotatable bonds is 8. The standard InChI is InChI=1S/C22H23ClFN5O2/c1-4-31-20-12-18-15(11-19(20)28-21(30)6-5-9-29(2)3)22(26-13-25-18)27-14-7-8-17(24)16(23)10-14/h5-8,10-13H,4,9H2,1-3H3,(H,28,30)(H,25,26,27)/b6-5+. The number of aromatic nitrogens is 2. The molecule has 0 aliphatic carbocycles. The zero-order valence-corrected chi connectivity index (χ0v) is 18.2. The van der Waals surface area contributed by atoms with Crippen LogP contribution in [0.1, 0.15) is 6.92 Å². The van der Waals surface area contributed by atoms with E-state index in [4.69, 9.17) is 16.3 Å². The van der Waals surface area contributed by atoms with Crippen molar-refractivity contribution in [2.45, 2.75) is 6.92 Å². The molecule has 1 amide bonds. The predicted molar refractivity (Wildman–Crippen MR) is 122 cm³/mol.